The standard InChI is InChI=1S/C54H36N2O/c1-54(47-16-8-5-13-43(47)44-14-6-9-17-48(44)54)42-30-27-36(28-31-42)35-19-23-38(24-20-35)49-34-50(56-53(55-49)40-11-3-2-4-12-40)39-25-21-37(22-26-39)41-29-32-46-45-15-7-10-18-51(45)57-52(46)33-41/h2-34H,1H3. The van der Waals surface area contributed by atoms with E-state index in [1.807, 2.05) is 30.3 Å². The molecule has 0 saturated heterocycles. The molecule has 1 aliphatic rings. The molecule has 8 aromatic carbocycles. The predicted octanol–water partition coefficient (Wildman–Crippen LogP) is 14.0. The van der Waals surface area contributed by atoms with Crippen molar-refractivity contribution in [2.24, 2.45) is 0 Å². The van der Waals surface area contributed by atoms with Gasteiger partial charge in [-0.3, -0.25) is 0 Å². The van der Waals surface area contributed by atoms with Crippen LogP contribution >= 0.6 is 0 Å². The minimum atomic E-state index is -0.208. The van der Waals surface area contributed by atoms with Gasteiger partial charge in [0.2, 0.25) is 0 Å². The molecule has 3 nitrogen and oxygen atoms in total. The molecule has 57 heavy (non-hydrogen) atoms. The molecule has 2 heterocycles. The van der Waals surface area contributed by atoms with Gasteiger partial charge in [-0.25, -0.2) is 9.97 Å². The first-order valence-corrected chi connectivity index (χ1v) is 19.5. The van der Waals surface area contributed by atoms with Gasteiger partial charge in [0.15, 0.2) is 5.82 Å². The number of benzene rings is 8. The van der Waals surface area contributed by atoms with Gasteiger partial charge >= 0.3 is 0 Å². The van der Waals surface area contributed by atoms with Crippen LogP contribution in [0.2, 0.25) is 0 Å². The van der Waals surface area contributed by atoms with Crippen LogP contribution in [0.1, 0.15) is 23.6 Å². The monoisotopic (exact) mass is 728 g/mol. The van der Waals surface area contributed by atoms with Crippen molar-refractivity contribution in [2.75, 3.05) is 0 Å². The van der Waals surface area contributed by atoms with E-state index in [1.165, 1.54) is 33.4 Å². The normalized spacial score (nSPS) is 12.8. The predicted molar refractivity (Wildman–Crippen MR) is 234 cm³/mol. The van der Waals surface area contributed by atoms with E-state index >= 15 is 0 Å². The van der Waals surface area contributed by atoms with Crippen LogP contribution < -0.4 is 0 Å². The maximum atomic E-state index is 6.18. The molecular weight excluding hydrogens is 693 g/mol. The van der Waals surface area contributed by atoms with Crippen LogP contribution in [0.5, 0.6) is 0 Å². The fourth-order valence-corrected chi connectivity index (χ4v) is 8.79. The lowest BCUT2D eigenvalue weighted by Gasteiger charge is -2.28. The second-order valence-corrected chi connectivity index (χ2v) is 15.1. The third-order valence-corrected chi connectivity index (χ3v) is 11.8. The highest BCUT2D eigenvalue weighted by atomic mass is 16.3. The molecule has 10 aromatic rings. The largest absolute Gasteiger partial charge is 0.456 e. The highest BCUT2D eigenvalue weighted by Gasteiger charge is 2.40. The second kappa shape index (κ2) is 13.1. The van der Waals surface area contributed by atoms with Gasteiger partial charge in [-0.15, -0.1) is 0 Å². The molecule has 268 valence electrons. The van der Waals surface area contributed by atoms with E-state index in [2.05, 4.69) is 177 Å². The fourth-order valence-electron chi connectivity index (χ4n) is 8.79. The Balaban J connectivity index is 0.906. The zero-order valence-electron chi connectivity index (χ0n) is 31.4. The summed E-state index contributed by atoms with van der Waals surface area (Å²) >= 11 is 0. The van der Waals surface area contributed by atoms with Crippen molar-refractivity contribution < 1.29 is 4.42 Å². The molecule has 0 N–H and O–H groups in total. The molecule has 11 rings (SSSR count). The molecule has 1 aliphatic carbocycles. The van der Waals surface area contributed by atoms with Gasteiger partial charge in [-0.2, -0.15) is 0 Å². The summed E-state index contributed by atoms with van der Waals surface area (Å²) in [5, 5.41) is 2.27. The first-order chi connectivity index (χ1) is 28.1. The summed E-state index contributed by atoms with van der Waals surface area (Å²) in [4.78, 5) is 10.2. The number of nitrogens with zero attached hydrogens (tertiary/aromatic N) is 2. The van der Waals surface area contributed by atoms with Crippen molar-refractivity contribution in [3.05, 3.63) is 217 Å². The molecule has 0 unspecified atom stereocenters. The lowest BCUT2D eigenvalue weighted by molar-refractivity contribution is 0.669. The quantitative estimate of drug-likeness (QED) is 0.171. The molecule has 0 spiro atoms. The third-order valence-electron chi connectivity index (χ3n) is 11.8. The van der Waals surface area contributed by atoms with Gasteiger partial charge < -0.3 is 4.42 Å². The van der Waals surface area contributed by atoms with Gasteiger partial charge in [0.25, 0.3) is 0 Å². The van der Waals surface area contributed by atoms with Crippen molar-refractivity contribution in [1.82, 2.24) is 9.97 Å². The molecular formula is C54H36N2O. The Morgan fingerprint density at radius 2 is 0.842 bits per heavy atom. The maximum Gasteiger partial charge on any atom is 0.160 e. The summed E-state index contributed by atoms with van der Waals surface area (Å²) in [5.41, 5.74) is 17.6. The Kier molecular flexibility index (Phi) is 7.61. The van der Waals surface area contributed by atoms with Crippen LogP contribution in [-0.2, 0) is 5.41 Å². The number of furan rings is 1. The van der Waals surface area contributed by atoms with Crippen molar-refractivity contribution in [1.29, 1.82) is 0 Å². The van der Waals surface area contributed by atoms with Gasteiger partial charge in [-0.1, -0.05) is 176 Å². The SMILES string of the molecule is CC1(c2ccc(-c3ccc(-c4cc(-c5ccc(-c6ccc7c(c6)oc6ccccc67)cc5)nc(-c5ccccc5)n4)cc3)cc2)c2ccccc2-c2ccccc21. The molecule has 0 bridgehead atoms. The van der Waals surface area contributed by atoms with Crippen LogP contribution in [0.15, 0.2) is 205 Å². The first kappa shape index (κ1) is 33.0. The summed E-state index contributed by atoms with van der Waals surface area (Å²) in [6.07, 6.45) is 0. The number of hydrogen-bond acceptors (Lipinski definition) is 3. The summed E-state index contributed by atoms with van der Waals surface area (Å²) in [6.45, 7) is 2.36. The summed E-state index contributed by atoms with van der Waals surface area (Å²) in [5.74, 6) is 0.700. The lowest BCUT2D eigenvalue weighted by atomic mass is 9.74. The Hall–Kier alpha value is -7.36. The molecule has 0 aliphatic heterocycles. The van der Waals surface area contributed by atoms with Crippen LogP contribution in [-0.4, -0.2) is 9.97 Å². The summed E-state index contributed by atoms with van der Waals surface area (Å²) in [6, 6.07) is 71.1. The van der Waals surface area contributed by atoms with Crippen molar-refractivity contribution in [3.8, 4) is 67.3 Å². The average molecular weight is 729 g/mol. The van der Waals surface area contributed by atoms with Gasteiger partial charge in [0, 0.05) is 32.9 Å². The number of hydrogen-bond donors (Lipinski definition) is 0. The van der Waals surface area contributed by atoms with Crippen LogP contribution in [0.4, 0.5) is 0 Å². The smallest absolute Gasteiger partial charge is 0.160 e. The second-order valence-electron chi connectivity index (χ2n) is 15.1. The van der Waals surface area contributed by atoms with Crippen LogP contribution in [0, 0.1) is 0 Å². The van der Waals surface area contributed by atoms with Crippen LogP contribution in [0.3, 0.4) is 0 Å². The number of rotatable bonds is 6. The molecule has 3 heteroatoms. The van der Waals surface area contributed by atoms with Crippen molar-refractivity contribution in [3.63, 3.8) is 0 Å². The maximum absolute atomic E-state index is 6.18. The Morgan fingerprint density at radius 1 is 0.368 bits per heavy atom. The summed E-state index contributed by atoms with van der Waals surface area (Å²) in [7, 11) is 0. The van der Waals surface area contributed by atoms with Gasteiger partial charge in [0.1, 0.15) is 11.2 Å². The highest BCUT2D eigenvalue weighted by molar-refractivity contribution is 6.05. The number of para-hydroxylation sites is 1. The van der Waals surface area contributed by atoms with E-state index in [4.69, 9.17) is 14.4 Å². The molecule has 0 amide bonds. The fraction of sp³-hybridized carbons (Fsp3) is 0.0370. The molecule has 0 saturated carbocycles. The average Bonchev–Trinajstić information content (AvgIpc) is 3.79. The van der Waals surface area contributed by atoms with E-state index < -0.39 is 0 Å². The van der Waals surface area contributed by atoms with E-state index in [0.717, 1.165) is 66.7 Å². The van der Waals surface area contributed by atoms with E-state index in [1.54, 1.807) is 0 Å². The Morgan fingerprint density at radius 3 is 1.47 bits per heavy atom. The van der Waals surface area contributed by atoms with Gasteiger partial charge in [0.05, 0.1) is 11.4 Å². The van der Waals surface area contributed by atoms with E-state index in [-0.39, 0.29) is 5.41 Å². The molecule has 2 aromatic heterocycles. The minimum absolute atomic E-state index is 0.208. The minimum Gasteiger partial charge on any atom is -0.456 e. The van der Waals surface area contributed by atoms with Gasteiger partial charge in [-0.05, 0) is 81.3 Å². The van der Waals surface area contributed by atoms with Crippen LogP contribution in [0.25, 0.3) is 89.2 Å². The lowest BCUT2D eigenvalue weighted by Crippen LogP contribution is -2.22. The zero-order chi connectivity index (χ0) is 37.9. The topological polar surface area (TPSA) is 38.9 Å². The van der Waals surface area contributed by atoms with Crippen molar-refractivity contribution in [2.45, 2.75) is 12.3 Å². The molecule has 0 atom stereocenters. The Labute approximate surface area is 331 Å². The third kappa shape index (κ3) is 5.50. The molecule has 0 fully saturated rings. The first-order valence-electron chi connectivity index (χ1n) is 19.5. The highest BCUT2D eigenvalue weighted by Crippen LogP contribution is 2.52. The Bertz CT molecular complexity index is 3060. The number of fused-ring (bicyclic) bond motifs is 6. The van der Waals surface area contributed by atoms with Crippen molar-refractivity contribution >= 4 is 21.9 Å². The summed E-state index contributed by atoms with van der Waals surface area (Å²) < 4.78 is 6.18. The molecule has 0 radical (unpaired) electrons. The van der Waals surface area contributed by atoms with E-state index in [0.29, 0.717) is 5.82 Å². The van der Waals surface area contributed by atoms with E-state index in [9.17, 15) is 0 Å². The zero-order valence-corrected chi connectivity index (χ0v) is 31.4. The number of aromatic nitrogens is 2.